The van der Waals surface area contributed by atoms with E-state index < -0.39 is 29.3 Å². The van der Waals surface area contributed by atoms with Crippen molar-refractivity contribution in [2.24, 2.45) is 11.7 Å². The lowest BCUT2D eigenvalue weighted by Gasteiger charge is -2.35. The first kappa shape index (κ1) is 23.6. The number of benzene rings is 1. The zero-order valence-electron chi connectivity index (χ0n) is 19.6. The number of likely N-dealkylation sites (tertiary alicyclic amines) is 1. The molecule has 1 aliphatic carbocycles. The summed E-state index contributed by atoms with van der Waals surface area (Å²) in [6.45, 7) is 3.92. The van der Waals surface area contributed by atoms with Crippen LogP contribution < -0.4 is 10.6 Å². The number of fused-ring (bicyclic) bond motifs is 1. The summed E-state index contributed by atoms with van der Waals surface area (Å²) in [5, 5.41) is -0.420. The molecule has 9 heteroatoms. The molecule has 2 amide bonds. The lowest BCUT2D eigenvalue weighted by molar-refractivity contribution is -0.138. The molecule has 4 atom stereocenters. The number of carbonyl (C=O) groups excluding carboxylic acids is 3. The summed E-state index contributed by atoms with van der Waals surface area (Å²) in [6.07, 6.45) is 3.44. The molecule has 0 spiro atoms. The van der Waals surface area contributed by atoms with Gasteiger partial charge in [-0.25, -0.2) is 0 Å². The Labute approximate surface area is 205 Å². The van der Waals surface area contributed by atoms with Crippen LogP contribution in [0.3, 0.4) is 0 Å². The minimum Gasteiger partial charge on any atom is -0.369 e. The number of primary amides is 1. The van der Waals surface area contributed by atoms with Crippen molar-refractivity contribution < 1.29 is 19.1 Å². The fourth-order valence-electron chi connectivity index (χ4n) is 6.18. The van der Waals surface area contributed by atoms with Crippen LogP contribution in [0.4, 0.5) is 5.69 Å². The zero-order chi connectivity index (χ0) is 24.0. The smallest absolute Gasteiger partial charge is 0.249 e. The van der Waals surface area contributed by atoms with Crippen molar-refractivity contribution in [3.05, 3.63) is 29.3 Å². The van der Waals surface area contributed by atoms with E-state index in [1.54, 1.807) is 11.0 Å². The van der Waals surface area contributed by atoms with Crippen LogP contribution in [-0.4, -0.2) is 91.3 Å². The van der Waals surface area contributed by atoms with Crippen molar-refractivity contribution in [3.8, 4) is 0 Å². The first-order valence-corrected chi connectivity index (χ1v) is 12.7. The second kappa shape index (κ2) is 9.47. The quantitative estimate of drug-likeness (QED) is 0.632. The molecular weight excluding hydrogens is 456 g/mol. The van der Waals surface area contributed by atoms with Gasteiger partial charge in [0, 0.05) is 44.0 Å². The summed E-state index contributed by atoms with van der Waals surface area (Å²) in [4.78, 5) is 45.4. The Bertz CT molecular complexity index is 974. The Balaban J connectivity index is 1.54. The largest absolute Gasteiger partial charge is 0.369 e. The van der Waals surface area contributed by atoms with Gasteiger partial charge in [0.25, 0.3) is 0 Å². The fraction of sp³-hybridized carbons (Fsp3) is 0.640. The Hall–Kier alpha value is -2.16. The number of likely N-dealkylation sites (N-methyl/N-ethyl adjacent to an activating group) is 1. The Morgan fingerprint density at radius 1 is 1.15 bits per heavy atom. The average molecular weight is 489 g/mol. The maximum atomic E-state index is 14.2. The van der Waals surface area contributed by atoms with Crippen LogP contribution in [0.25, 0.3) is 0 Å². The molecule has 0 bridgehead atoms. The third kappa shape index (κ3) is 4.20. The minimum absolute atomic E-state index is 0.0120. The molecule has 5 rings (SSSR count). The van der Waals surface area contributed by atoms with Crippen molar-refractivity contribution in [2.75, 3.05) is 51.3 Å². The highest BCUT2D eigenvalue weighted by atomic mass is 35.5. The summed E-state index contributed by atoms with van der Waals surface area (Å²) in [7, 11) is 2.11. The summed E-state index contributed by atoms with van der Waals surface area (Å²) in [5.41, 5.74) is 7.87. The van der Waals surface area contributed by atoms with Gasteiger partial charge in [0.1, 0.15) is 18.8 Å². The third-order valence-corrected chi connectivity index (χ3v) is 8.43. The van der Waals surface area contributed by atoms with Crippen LogP contribution in [0.5, 0.6) is 0 Å². The van der Waals surface area contributed by atoms with E-state index in [4.69, 9.17) is 22.1 Å². The molecule has 0 unspecified atom stereocenters. The monoisotopic (exact) mass is 488 g/mol. The molecule has 8 nitrogen and oxygen atoms in total. The number of ether oxygens (including phenoxy) is 1. The molecule has 1 aromatic carbocycles. The number of nitrogens with two attached hydrogens (primary N) is 1. The molecule has 34 heavy (non-hydrogen) atoms. The molecule has 0 aromatic heterocycles. The van der Waals surface area contributed by atoms with Gasteiger partial charge in [-0.2, -0.15) is 0 Å². The molecule has 3 aliphatic heterocycles. The summed E-state index contributed by atoms with van der Waals surface area (Å²) in [6, 6.07) is 5.05. The molecule has 1 saturated carbocycles. The van der Waals surface area contributed by atoms with E-state index in [9.17, 15) is 14.4 Å². The molecule has 0 radical (unpaired) electrons. The number of hydrogen-bond acceptors (Lipinski definition) is 6. The van der Waals surface area contributed by atoms with Crippen molar-refractivity contribution >= 4 is 34.9 Å². The lowest BCUT2D eigenvalue weighted by atomic mass is 9.80. The number of hydrogen-bond donors (Lipinski definition) is 1. The molecule has 3 saturated heterocycles. The molecule has 184 valence electrons. The first-order chi connectivity index (χ1) is 16.3. The molecule has 4 aliphatic rings. The second-order valence-corrected chi connectivity index (χ2v) is 10.7. The molecule has 1 aromatic rings. The number of rotatable bonds is 5. The zero-order valence-corrected chi connectivity index (χ0v) is 20.4. The average Bonchev–Trinajstić information content (AvgIpc) is 3.55. The number of carbonyl (C=O) groups is 3. The third-order valence-electron chi connectivity index (χ3n) is 8.05. The Morgan fingerprint density at radius 3 is 2.53 bits per heavy atom. The number of halogens is 1. The number of piperazine rings is 1. The fourth-order valence-corrected chi connectivity index (χ4v) is 6.53. The number of anilines is 1. The lowest BCUT2D eigenvalue weighted by Crippen LogP contribution is -2.46. The normalized spacial score (nSPS) is 29.0. The van der Waals surface area contributed by atoms with Crippen molar-refractivity contribution in [3.63, 3.8) is 0 Å². The molecule has 3 heterocycles. The highest BCUT2D eigenvalue weighted by Crippen LogP contribution is 2.43. The van der Waals surface area contributed by atoms with E-state index in [0.29, 0.717) is 11.1 Å². The van der Waals surface area contributed by atoms with Crippen LogP contribution in [0.2, 0.25) is 0 Å². The summed E-state index contributed by atoms with van der Waals surface area (Å²) >= 11 is 6.49. The van der Waals surface area contributed by atoms with E-state index in [1.807, 2.05) is 12.1 Å². The predicted octanol–water partition coefficient (Wildman–Crippen LogP) is 1.60. The molecular formula is C25H33ClN4O4. The van der Waals surface area contributed by atoms with Gasteiger partial charge in [0.15, 0.2) is 5.78 Å². The van der Waals surface area contributed by atoms with Crippen LogP contribution in [0, 0.1) is 5.92 Å². The standard InChI is InChI=1S/C25H33ClN4O4/c1-28-8-10-29(11-9-28)16-6-7-17(24(27)32)18(12-16)21(15-4-2-3-5-15)25(33)30-13-19(26)23-22(30)20(31)14-34-23/h6-7,12,15,19,21-23H,2-5,8-11,13-14H2,1H3,(H2,27,32)/t19-,21+,22-,23-/m1/s1. The van der Waals surface area contributed by atoms with Gasteiger partial charge in [-0.05, 0) is 49.6 Å². The van der Waals surface area contributed by atoms with Gasteiger partial charge in [0.05, 0.1) is 11.3 Å². The predicted molar refractivity (Wildman–Crippen MR) is 129 cm³/mol. The maximum absolute atomic E-state index is 14.2. The highest BCUT2D eigenvalue weighted by molar-refractivity contribution is 6.22. The molecule has 2 N–H and O–H groups in total. The van der Waals surface area contributed by atoms with Crippen molar-refractivity contribution in [1.29, 1.82) is 0 Å². The van der Waals surface area contributed by atoms with E-state index in [2.05, 4.69) is 16.8 Å². The van der Waals surface area contributed by atoms with E-state index in [1.165, 1.54) is 0 Å². The topological polar surface area (TPSA) is 96.2 Å². The second-order valence-electron chi connectivity index (χ2n) is 10.1. The van der Waals surface area contributed by atoms with Gasteiger partial charge in [-0.3, -0.25) is 14.4 Å². The maximum Gasteiger partial charge on any atom is 0.249 e. The molecule has 4 fully saturated rings. The number of ketones is 1. The number of amides is 2. The van der Waals surface area contributed by atoms with E-state index in [-0.39, 0.29) is 30.8 Å². The van der Waals surface area contributed by atoms with Crippen LogP contribution in [-0.2, 0) is 14.3 Å². The first-order valence-electron chi connectivity index (χ1n) is 12.3. The number of alkyl halides is 1. The van der Waals surface area contributed by atoms with E-state index >= 15 is 0 Å². The van der Waals surface area contributed by atoms with Gasteiger partial charge < -0.3 is 25.2 Å². The Kier molecular flexibility index (Phi) is 6.57. The summed E-state index contributed by atoms with van der Waals surface area (Å²) in [5.74, 6) is -1.22. The van der Waals surface area contributed by atoms with Gasteiger partial charge in [0.2, 0.25) is 11.8 Å². The highest BCUT2D eigenvalue weighted by Gasteiger charge is 2.53. The van der Waals surface area contributed by atoms with Crippen molar-refractivity contribution in [2.45, 2.75) is 49.1 Å². The van der Waals surface area contributed by atoms with Gasteiger partial charge >= 0.3 is 0 Å². The number of Topliss-reactive ketones (excluding diaryl/α,β-unsaturated/α-hetero) is 1. The number of nitrogens with zero attached hydrogens (tertiary/aromatic N) is 3. The van der Waals surface area contributed by atoms with E-state index in [0.717, 1.165) is 57.5 Å². The van der Waals surface area contributed by atoms with Gasteiger partial charge in [-0.1, -0.05) is 12.8 Å². The van der Waals surface area contributed by atoms with Crippen LogP contribution in [0.1, 0.15) is 47.5 Å². The van der Waals surface area contributed by atoms with Crippen LogP contribution >= 0.6 is 11.6 Å². The summed E-state index contributed by atoms with van der Waals surface area (Å²) < 4.78 is 5.60. The van der Waals surface area contributed by atoms with Gasteiger partial charge in [-0.15, -0.1) is 11.6 Å². The Morgan fingerprint density at radius 2 is 1.85 bits per heavy atom. The van der Waals surface area contributed by atoms with Crippen molar-refractivity contribution in [1.82, 2.24) is 9.80 Å². The SMILES string of the molecule is CN1CCN(c2ccc(C(N)=O)c([C@@H](C(=O)N3C[C@@H](Cl)[C@H]4OCC(=O)[C@H]43)C3CCCC3)c2)CC1. The minimum atomic E-state index is -0.642. The van der Waals surface area contributed by atoms with Crippen LogP contribution in [0.15, 0.2) is 18.2 Å².